The van der Waals surface area contributed by atoms with Crippen LogP contribution in [0.4, 0.5) is 13.2 Å². The highest BCUT2D eigenvalue weighted by atomic mass is 32.2. The predicted octanol–water partition coefficient (Wildman–Crippen LogP) is 5.45. The molecule has 1 heterocycles. The lowest BCUT2D eigenvalue weighted by Gasteiger charge is -2.29. The quantitative estimate of drug-likeness (QED) is 0.388. The van der Waals surface area contributed by atoms with Gasteiger partial charge in [0, 0.05) is 0 Å². The lowest BCUT2D eigenvalue weighted by molar-refractivity contribution is -0.263. The first-order valence-corrected chi connectivity index (χ1v) is 11.7. The summed E-state index contributed by atoms with van der Waals surface area (Å²) in [7, 11) is 1.42. The summed E-state index contributed by atoms with van der Waals surface area (Å²) in [5.74, 6) is 0.680. The number of alkyl halides is 3. The molecule has 0 aliphatic carbocycles. The van der Waals surface area contributed by atoms with E-state index < -0.39 is 35.7 Å². The Morgan fingerprint density at radius 2 is 1.84 bits per heavy atom. The zero-order chi connectivity index (χ0) is 23.5. The van der Waals surface area contributed by atoms with Crippen molar-refractivity contribution in [2.45, 2.75) is 43.7 Å². The van der Waals surface area contributed by atoms with E-state index in [-0.39, 0.29) is 12.2 Å². The highest BCUT2D eigenvalue weighted by molar-refractivity contribution is 7.78. The number of hydrogen-bond donors (Lipinski definition) is 2. The zero-order valence-electron chi connectivity index (χ0n) is 17.3. The second-order valence-electron chi connectivity index (χ2n) is 7.22. The molecule has 0 bridgehead atoms. The molecule has 0 saturated carbocycles. The van der Waals surface area contributed by atoms with Crippen molar-refractivity contribution in [3.05, 3.63) is 47.5 Å². The van der Waals surface area contributed by atoms with Crippen molar-refractivity contribution in [2.24, 2.45) is 0 Å². The van der Waals surface area contributed by atoms with E-state index >= 15 is 0 Å². The normalized spacial score (nSPS) is 14.8. The van der Waals surface area contributed by atoms with E-state index in [2.05, 4.69) is 4.98 Å². The van der Waals surface area contributed by atoms with E-state index in [0.717, 1.165) is 4.70 Å². The van der Waals surface area contributed by atoms with Crippen molar-refractivity contribution in [1.29, 1.82) is 0 Å². The van der Waals surface area contributed by atoms with Gasteiger partial charge in [0.2, 0.25) is 0 Å². The highest BCUT2D eigenvalue weighted by Crippen LogP contribution is 2.39. The first-order valence-electron chi connectivity index (χ1n) is 9.65. The number of aryl methyl sites for hydroxylation is 1. The number of rotatable bonds is 9. The first kappa shape index (κ1) is 24.4. The predicted molar refractivity (Wildman–Crippen MR) is 117 cm³/mol. The van der Waals surface area contributed by atoms with Gasteiger partial charge < -0.3 is 19.1 Å². The van der Waals surface area contributed by atoms with Crippen molar-refractivity contribution < 1.29 is 36.5 Å². The van der Waals surface area contributed by atoms with Crippen LogP contribution in [-0.4, -0.2) is 37.7 Å². The Kier molecular flexibility index (Phi) is 7.43. The minimum Gasteiger partial charge on any atom is -0.493 e. The molecule has 174 valence electrons. The maximum atomic E-state index is 13.1. The Bertz CT molecular complexity index is 1120. The number of aromatic nitrogens is 1. The van der Waals surface area contributed by atoms with Gasteiger partial charge in [0.15, 0.2) is 28.2 Å². The molecule has 0 aliphatic rings. The molecule has 2 aromatic carbocycles. The summed E-state index contributed by atoms with van der Waals surface area (Å²) < 4.78 is 71.3. The van der Waals surface area contributed by atoms with Gasteiger partial charge in [-0.25, -0.2) is 9.19 Å². The van der Waals surface area contributed by atoms with Gasteiger partial charge in [-0.05, 0) is 54.7 Å². The minimum atomic E-state index is -4.70. The van der Waals surface area contributed by atoms with Crippen molar-refractivity contribution in [1.82, 2.24) is 4.98 Å². The number of aliphatic hydroxyl groups is 1. The Morgan fingerprint density at radius 1 is 1.12 bits per heavy atom. The van der Waals surface area contributed by atoms with Crippen LogP contribution < -0.4 is 9.47 Å². The number of fused-ring (bicyclic) bond motifs is 1. The number of ether oxygens (including phenoxy) is 2. The van der Waals surface area contributed by atoms with Crippen molar-refractivity contribution in [3.63, 3.8) is 0 Å². The van der Waals surface area contributed by atoms with Gasteiger partial charge in [-0.15, -0.1) is 0 Å². The SMILES string of the molecule is CCC(O)(CCc1ccc(Oc2nc3ccc(CS(=O)O)cc3s2)c(OC)c1)C(F)(F)F. The molecule has 3 rings (SSSR count). The fourth-order valence-corrected chi connectivity index (χ4v) is 4.50. The standard InChI is InChI=1S/C21H22F3NO5S2/c1-3-20(26,21(22,23)24)9-8-13-5-7-16(17(10-13)29-2)30-19-25-15-6-4-14(12-32(27)28)11-18(15)31-19/h4-7,10-11,26H,3,8-9,12H2,1-2H3,(H,27,28). The highest BCUT2D eigenvalue weighted by Gasteiger charge is 2.51. The molecule has 2 atom stereocenters. The molecule has 3 aromatic rings. The van der Waals surface area contributed by atoms with Crippen LogP contribution in [0.5, 0.6) is 16.7 Å². The summed E-state index contributed by atoms with van der Waals surface area (Å²) in [5, 5.41) is 10.2. The van der Waals surface area contributed by atoms with E-state index in [1.54, 1.807) is 36.4 Å². The van der Waals surface area contributed by atoms with Crippen molar-refractivity contribution >= 4 is 32.6 Å². The second-order valence-corrected chi connectivity index (χ2v) is 9.14. The number of nitrogens with zero attached hydrogens (tertiary/aromatic N) is 1. The molecule has 0 radical (unpaired) electrons. The van der Waals surface area contributed by atoms with Crippen LogP contribution in [0, 0.1) is 0 Å². The fraction of sp³-hybridized carbons (Fsp3) is 0.381. The van der Waals surface area contributed by atoms with Crippen LogP contribution in [0.15, 0.2) is 36.4 Å². The van der Waals surface area contributed by atoms with E-state index in [9.17, 15) is 22.5 Å². The van der Waals surface area contributed by atoms with Gasteiger partial charge in [-0.1, -0.05) is 30.4 Å². The second kappa shape index (κ2) is 9.74. The molecule has 2 N–H and O–H groups in total. The summed E-state index contributed by atoms with van der Waals surface area (Å²) in [5.41, 5.74) is -0.811. The zero-order valence-corrected chi connectivity index (χ0v) is 18.9. The summed E-state index contributed by atoms with van der Waals surface area (Å²) in [4.78, 5) is 4.38. The molecule has 0 spiro atoms. The summed E-state index contributed by atoms with van der Waals surface area (Å²) in [6.45, 7) is 1.30. The molecule has 0 saturated heterocycles. The van der Waals surface area contributed by atoms with E-state index in [0.29, 0.717) is 33.3 Å². The van der Waals surface area contributed by atoms with Gasteiger partial charge in [-0.2, -0.15) is 13.2 Å². The molecular weight excluding hydrogens is 467 g/mol. The lowest BCUT2D eigenvalue weighted by Crippen LogP contribution is -2.44. The minimum absolute atomic E-state index is 0.0105. The van der Waals surface area contributed by atoms with Gasteiger partial charge in [0.05, 0.1) is 23.1 Å². The van der Waals surface area contributed by atoms with Crippen LogP contribution in [0.25, 0.3) is 10.2 Å². The maximum Gasteiger partial charge on any atom is 0.417 e. The van der Waals surface area contributed by atoms with E-state index in [4.69, 9.17) is 14.0 Å². The van der Waals surface area contributed by atoms with Gasteiger partial charge in [0.1, 0.15) is 0 Å². The Labute approximate surface area is 189 Å². The van der Waals surface area contributed by atoms with Crippen molar-refractivity contribution in [3.8, 4) is 16.7 Å². The van der Waals surface area contributed by atoms with Crippen molar-refractivity contribution in [2.75, 3.05) is 7.11 Å². The number of benzene rings is 2. The molecule has 0 aliphatic heterocycles. The fourth-order valence-electron chi connectivity index (χ4n) is 3.14. The Hall–Kier alpha value is -2.21. The monoisotopic (exact) mass is 489 g/mol. The van der Waals surface area contributed by atoms with Crippen LogP contribution in [-0.2, 0) is 23.3 Å². The molecule has 0 amide bonds. The average Bonchev–Trinajstić information content (AvgIpc) is 3.13. The third-order valence-corrected chi connectivity index (χ3v) is 6.56. The third kappa shape index (κ3) is 5.58. The molecule has 0 fully saturated rings. The van der Waals surface area contributed by atoms with Gasteiger partial charge in [-0.3, -0.25) is 0 Å². The first-order chi connectivity index (χ1) is 15.0. The third-order valence-electron chi connectivity index (χ3n) is 5.09. The summed E-state index contributed by atoms with van der Waals surface area (Å²) in [6, 6.07) is 9.99. The number of methoxy groups -OCH3 is 1. The van der Waals surface area contributed by atoms with Crippen LogP contribution in [0.1, 0.15) is 30.9 Å². The Morgan fingerprint density at radius 3 is 2.47 bits per heavy atom. The molecular formula is C21H22F3NO5S2. The Balaban J connectivity index is 1.77. The smallest absolute Gasteiger partial charge is 0.417 e. The average molecular weight is 490 g/mol. The largest absolute Gasteiger partial charge is 0.493 e. The molecule has 2 unspecified atom stereocenters. The summed E-state index contributed by atoms with van der Waals surface area (Å²) >= 11 is -0.697. The van der Waals surface area contributed by atoms with Gasteiger partial charge >= 0.3 is 6.18 Å². The number of thiazole rings is 1. The lowest BCUT2D eigenvalue weighted by atomic mass is 9.91. The van der Waals surface area contributed by atoms with E-state index in [1.165, 1.54) is 25.4 Å². The van der Waals surface area contributed by atoms with Crippen LogP contribution in [0.3, 0.4) is 0 Å². The van der Waals surface area contributed by atoms with Crippen LogP contribution >= 0.6 is 11.3 Å². The molecule has 11 heteroatoms. The molecule has 6 nitrogen and oxygen atoms in total. The van der Waals surface area contributed by atoms with E-state index in [1.807, 2.05) is 0 Å². The molecule has 32 heavy (non-hydrogen) atoms. The maximum absolute atomic E-state index is 13.1. The summed E-state index contributed by atoms with van der Waals surface area (Å²) in [6.07, 6.45) is -5.58. The molecule has 1 aromatic heterocycles. The number of hydrogen-bond acceptors (Lipinski definition) is 6. The van der Waals surface area contributed by atoms with Crippen LogP contribution in [0.2, 0.25) is 0 Å². The van der Waals surface area contributed by atoms with Gasteiger partial charge in [0.25, 0.3) is 5.19 Å². The number of halogens is 3. The topological polar surface area (TPSA) is 88.9 Å².